The largest absolute Gasteiger partial charge is 0.372 e. The van der Waals surface area contributed by atoms with E-state index in [1.165, 1.54) is 25.7 Å². The summed E-state index contributed by atoms with van der Waals surface area (Å²) >= 11 is 3.55. The quantitative estimate of drug-likeness (QED) is 0.847. The van der Waals surface area contributed by atoms with Crippen molar-refractivity contribution >= 4 is 27.6 Å². The molecule has 1 heterocycles. The first-order valence-corrected chi connectivity index (χ1v) is 7.51. The van der Waals surface area contributed by atoms with Crippen LogP contribution in [0.4, 0.5) is 11.6 Å². The molecule has 1 aromatic rings. The summed E-state index contributed by atoms with van der Waals surface area (Å²) in [4.78, 5) is 8.48. The third-order valence-electron chi connectivity index (χ3n) is 3.99. The highest BCUT2D eigenvalue weighted by Crippen LogP contribution is 2.49. The minimum atomic E-state index is 0.835. The summed E-state index contributed by atoms with van der Waals surface area (Å²) in [5.74, 6) is 4.52. The van der Waals surface area contributed by atoms with Crippen LogP contribution in [0.3, 0.4) is 0 Å². The van der Waals surface area contributed by atoms with E-state index in [0.29, 0.717) is 0 Å². The fourth-order valence-electron chi connectivity index (χ4n) is 2.65. The molecule has 0 radical (unpaired) electrons. The van der Waals surface area contributed by atoms with Crippen molar-refractivity contribution in [2.75, 3.05) is 24.2 Å². The number of nitrogens with zero attached hydrogens (tertiary/aromatic N) is 2. The minimum Gasteiger partial charge on any atom is -0.372 e. The Morgan fingerprint density at radius 3 is 2.39 bits per heavy atom. The first-order valence-electron chi connectivity index (χ1n) is 6.71. The molecule has 2 saturated carbocycles. The molecule has 0 saturated heterocycles. The number of halogens is 1. The van der Waals surface area contributed by atoms with Crippen LogP contribution in [0.1, 0.15) is 25.7 Å². The van der Waals surface area contributed by atoms with Crippen molar-refractivity contribution in [2.24, 2.45) is 17.8 Å². The number of aromatic nitrogens is 2. The lowest BCUT2D eigenvalue weighted by Crippen LogP contribution is -2.19. The topological polar surface area (TPSA) is 49.8 Å². The maximum Gasteiger partial charge on any atom is 0.145 e. The Bertz CT molecular complexity index is 417. The van der Waals surface area contributed by atoms with E-state index in [4.69, 9.17) is 0 Å². The zero-order valence-corrected chi connectivity index (χ0v) is 12.2. The van der Waals surface area contributed by atoms with Gasteiger partial charge in [-0.2, -0.15) is 0 Å². The van der Waals surface area contributed by atoms with Crippen LogP contribution in [-0.2, 0) is 0 Å². The van der Waals surface area contributed by atoms with E-state index < -0.39 is 0 Å². The highest BCUT2D eigenvalue weighted by molar-refractivity contribution is 9.10. The molecule has 2 N–H and O–H groups in total. The summed E-state index contributed by atoms with van der Waals surface area (Å²) in [6.45, 7) is 1.05. The van der Waals surface area contributed by atoms with Gasteiger partial charge in [-0.1, -0.05) is 0 Å². The third kappa shape index (κ3) is 2.60. The lowest BCUT2D eigenvalue weighted by Gasteiger charge is -2.17. The van der Waals surface area contributed by atoms with Gasteiger partial charge in [-0.25, -0.2) is 9.97 Å². The first-order chi connectivity index (χ1) is 8.79. The van der Waals surface area contributed by atoms with Crippen LogP contribution in [0.25, 0.3) is 0 Å². The molecule has 18 heavy (non-hydrogen) atoms. The van der Waals surface area contributed by atoms with Crippen molar-refractivity contribution in [1.29, 1.82) is 0 Å². The average Bonchev–Trinajstić information content (AvgIpc) is 3.25. The van der Waals surface area contributed by atoms with Crippen molar-refractivity contribution in [3.05, 3.63) is 10.8 Å². The lowest BCUT2D eigenvalue weighted by atomic mass is 9.98. The Labute approximate surface area is 116 Å². The van der Waals surface area contributed by atoms with E-state index in [1.807, 2.05) is 7.05 Å². The Morgan fingerprint density at radius 2 is 1.83 bits per heavy atom. The molecule has 0 atom stereocenters. The monoisotopic (exact) mass is 310 g/mol. The van der Waals surface area contributed by atoms with Crippen LogP contribution < -0.4 is 10.6 Å². The highest BCUT2D eigenvalue weighted by Gasteiger charge is 2.41. The summed E-state index contributed by atoms with van der Waals surface area (Å²) in [5.41, 5.74) is 0. The van der Waals surface area contributed by atoms with Crippen LogP contribution in [0.5, 0.6) is 0 Å². The Morgan fingerprint density at radius 1 is 1.22 bits per heavy atom. The summed E-state index contributed by atoms with van der Waals surface area (Å²) in [6.07, 6.45) is 7.30. The standard InChI is InChI=1S/C13H19BrN4/c1-15-12-11(14)13(18-7-17-12)16-6-10(8-2-3-8)9-4-5-9/h7-10H,2-6H2,1H3,(H2,15,16,17,18). The van der Waals surface area contributed by atoms with Gasteiger partial charge in [-0.3, -0.25) is 0 Å². The van der Waals surface area contributed by atoms with Gasteiger partial charge in [0.05, 0.1) is 0 Å². The molecule has 2 aliphatic carbocycles. The maximum absolute atomic E-state index is 4.31. The first kappa shape index (κ1) is 12.2. The van der Waals surface area contributed by atoms with E-state index in [1.54, 1.807) is 6.33 Å². The predicted molar refractivity (Wildman–Crippen MR) is 76.7 cm³/mol. The van der Waals surface area contributed by atoms with Gasteiger partial charge >= 0.3 is 0 Å². The van der Waals surface area contributed by atoms with Crippen molar-refractivity contribution in [3.8, 4) is 0 Å². The van der Waals surface area contributed by atoms with Crippen LogP contribution in [0.2, 0.25) is 0 Å². The minimum absolute atomic E-state index is 0.835. The molecular weight excluding hydrogens is 292 g/mol. The second-order valence-electron chi connectivity index (χ2n) is 5.35. The molecule has 0 amide bonds. The van der Waals surface area contributed by atoms with Crippen LogP contribution in [0, 0.1) is 17.8 Å². The molecule has 2 aliphatic rings. The highest BCUT2D eigenvalue weighted by atomic mass is 79.9. The predicted octanol–water partition coefficient (Wildman–Crippen LogP) is 3.13. The van der Waals surface area contributed by atoms with E-state index in [9.17, 15) is 0 Å². The smallest absolute Gasteiger partial charge is 0.145 e. The van der Waals surface area contributed by atoms with E-state index in [0.717, 1.165) is 40.4 Å². The normalized spacial score (nSPS) is 19.1. The molecule has 5 heteroatoms. The fourth-order valence-corrected chi connectivity index (χ4v) is 3.19. The molecule has 1 aromatic heterocycles. The van der Waals surface area contributed by atoms with Gasteiger partial charge in [-0.05, 0) is 59.4 Å². The molecule has 98 valence electrons. The summed E-state index contributed by atoms with van der Waals surface area (Å²) < 4.78 is 0.929. The van der Waals surface area contributed by atoms with Crippen LogP contribution in [0.15, 0.2) is 10.8 Å². The number of rotatable bonds is 6. The Balaban J connectivity index is 1.65. The molecule has 4 nitrogen and oxygen atoms in total. The lowest BCUT2D eigenvalue weighted by molar-refractivity contribution is 0.427. The van der Waals surface area contributed by atoms with E-state index in [2.05, 4.69) is 36.5 Å². The van der Waals surface area contributed by atoms with Gasteiger partial charge in [0.25, 0.3) is 0 Å². The third-order valence-corrected chi connectivity index (χ3v) is 4.74. The Kier molecular flexibility index (Phi) is 3.41. The number of hydrogen-bond acceptors (Lipinski definition) is 4. The van der Waals surface area contributed by atoms with Crippen LogP contribution in [-0.4, -0.2) is 23.6 Å². The zero-order valence-electron chi connectivity index (χ0n) is 10.6. The molecule has 0 spiro atoms. The fraction of sp³-hybridized carbons (Fsp3) is 0.692. The summed E-state index contributed by atoms with van der Waals surface area (Å²) in [5, 5.41) is 6.55. The van der Waals surface area contributed by atoms with Crippen LogP contribution >= 0.6 is 15.9 Å². The molecule has 0 bridgehead atoms. The van der Waals surface area contributed by atoms with Gasteiger partial charge in [0, 0.05) is 13.6 Å². The molecule has 0 unspecified atom stereocenters. The molecular formula is C13H19BrN4. The van der Waals surface area contributed by atoms with Crippen molar-refractivity contribution in [2.45, 2.75) is 25.7 Å². The number of anilines is 2. The SMILES string of the molecule is CNc1ncnc(NCC(C2CC2)C2CC2)c1Br. The maximum atomic E-state index is 4.31. The Hall–Kier alpha value is -0.840. The van der Waals surface area contributed by atoms with E-state index in [-0.39, 0.29) is 0 Å². The zero-order chi connectivity index (χ0) is 12.5. The molecule has 0 aliphatic heterocycles. The average molecular weight is 311 g/mol. The summed E-state index contributed by atoms with van der Waals surface area (Å²) in [7, 11) is 1.87. The van der Waals surface area contributed by atoms with Crippen molar-refractivity contribution < 1.29 is 0 Å². The van der Waals surface area contributed by atoms with Crippen molar-refractivity contribution in [3.63, 3.8) is 0 Å². The second kappa shape index (κ2) is 5.03. The molecule has 2 fully saturated rings. The van der Waals surface area contributed by atoms with Crippen molar-refractivity contribution in [1.82, 2.24) is 9.97 Å². The van der Waals surface area contributed by atoms with Gasteiger partial charge in [0.1, 0.15) is 22.4 Å². The van der Waals surface area contributed by atoms with E-state index >= 15 is 0 Å². The number of nitrogens with one attached hydrogen (secondary N) is 2. The molecule has 3 rings (SSSR count). The van der Waals surface area contributed by atoms with Gasteiger partial charge < -0.3 is 10.6 Å². The summed E-state index contributed by atoms with van der Waals surface area (Å²) in [6, 6.07) is 0. The van der Waals surface area contributed by atoms with Gasteiger partial charge in [-0.15, -0.1) is 0 Å². The van der Waals surface area contributed by atoms with Gasteiger partial charge in [0.15, 0.2) is 0 Å². The molecule has 0 aromatic carbocycles. The second-order valence-corrected chi connectivity index (χ2v) is 6.15. The number of hydrogen-bond donors (Lipinski definition) is 2. The van der Waals surface area contributed by atoms with Gasteiger partial charge in [0.2, 0.25) is 0 Å².